The molecule has 1 atom stereocenters. The molecule has 1 amide bonds. The average Bonchev–Trinajstić information content (AvgIpc) is 3.42. The maximum atomic E-state index is 13.0. The minimum absolute atomic E-state index is 0.0179. The first kappa shape index (κ1) is 18.8. The Morgan fingerprint density at radius 1 is 0.968 bits per heavy atom. The predicted molar refractivity (Wildman–Crippen MR) is 115 cm³/mol. The topological polar surface area (TPSA) is 83.6 Å². The second-order valence-corrected chi connectivity index (χ2v) is 7.36. The molecule has 1 N–H and O–H groups in total. The molecule has 5 rings (SSSR count). The molecule has 31 heavy (non-hydrogen) atoms. The molecule has 0 spiro atoms. The maximum Gasteiger partial charge on any atom is 0.296 e. The van der Waals surface area contributed by atoms with Crippen molar-refractivity contribution in [2.45, 2.75) is 12.6 Å². The molecule has 1 aliphatic rings. The lowest BCUT2D eigenvalue weighted by molar-refractivity contribution is -0.140. The van der Waals surface area contributed by atoms with Crippen LogP contribution in [-0.4, -0.2) is 26.7 Å². The van der Waals surface area contributed by atoms with Crippen LogP contribution in [0.4, 0.5) is 0 Å². The number of aliphatic hydroxyl groups is 1. The number of aromatic nitrogens is 1. The van der Waals surface area contributed by atoms with Crippen molar-refractivity contribution in [1.82, 2.24) is 9.88 Å². The van der Waals surface area contributed by atoms with E-state index in [2.05, 4.69) is 4.98 Å². The molecule has 0 bridgehead atoms. The molecule has 1 aliphatic heterocycles. The van der Waals surface area contributed by atoms with Gasteiger partial charge in [-0.2, -0.15) is 0 Å². The molecule has 4 aromatic rings. The van der Waals surface area contributed by atoms with Gasteiger partial charge in [-0.25, -0.2) is 0 Å². The Kier molecular flexibility index (Phi) is 4.59. The van der Waals surface area contributed by atoms with Gasteiger partial charge in [0.1, 0.15) is 17.6 Å². The number of furan rings is 1. The lowest BCUT2D eigenvalue weighted by Crippen LogP contribution is -2.29. The lowest BCUT2D eigenvalue weighted by atomic mass is 9.97. The number of carbonyl (C=O) groups excluding carboxylic acids is 2. The Balaban J connectivity index is 1.64. The van der Waals surface area contributed by atoms with E-state index in [0.717, 1.165) is 16.3 Å². The Bertz CT molecular complexity index is 1310. The number of carbonyl (C=O) groups is 2. The smallest absolute Gasteiger partial charge is 0.296 e. The summed E-state index contributed by atoms with van der Waals surface area (Å²) in [7, 11) is 0. The first-order valence-electron chi connectivity index (χ1n) is 9.83. The largest absolute Gasteiger partial charge is 0.507 e. The molecule has 0 aliphatic carbocycles. The molecular weight excluding hydrogens is 392 g/mol. The lowest BCUT2D eigenvalue weighted by Gasteiger charge is -2.23. The fourth-order valence-corrected chi connectivity index (χ4v) is 3.96. The van der Waals surface area contributed by atoms with Crippen molar-refractivity contribution in [3.05, 3.63) is 108 Å². The Morgan fingerprint density at radius 2 is 1.74 bits per heavy atom. The Hall–Kier alpha value is -4.19. The summed E-state index contributed by atoms with van der Waals surface area (Å²) in [5, 5.41) is 13.1. The van der Waals surface area contributed by atoms with Crippen molar-refractivity contribution >= 4 is 28.2 Å². The molecule has 1 unspecified atom stereocenters. The second-order valence-electron chi connectivity index (χ2n) is 7.36. The fourth-order valence-electron chi connectivity index (χ4n) is 3.96. The molecular formula is C25H18N2O4. The standard InChI is InChI=1S/C25H18N2O4/c28-23(19-8-7-17-4-1-2-5-18(17)14-19)21-22(20-6-3-13-31-20)27(25(30)24(21)29)15-16-9-11-26-12-10-16/h1-14,22,28H,15H2/b23-21-. The number of hydrogen-bond acceptors (Lipinski definition) is 5. The monoisotopic (exact) mass is 410 g/mol. The highest BCUT2D eigenvalue weighted by Crippen LogP contribution is 2.40. The first-order chi connectivity index (χ1) is 15.1. The van der Waals surface area contributed by atoms with Crippen LogP contribution in [0.3, 0.4) is 0 Å². The van der Waals surface area contributed by atoms with Gasteiger partial charge in [-0.05, 0) is 46.7 Å². The van der Waals surface area contributed by atoms with E-state index in [-0.39, 0.29) is 17.9 Å². The third-order valence-electron chi connectivity index (χ3n) is 5.48. The molecule has 3 heterocycles. The van der Waals surface area contributed by atoms with Crippen molar-refractivity contribution in [3.63, 3.8) is 0 Å². The van der Waals surface area contributed by atoms with E-state index in [9.17, 15) is 14.7 Å². The average molecular weight is 410 g/mol. The highest BCUT2D eigenvalue weighted by molar-refractivity contribution is 6.46. The number of fused-ring (bicyclic) bond motifs is 1. The van der Waals surface area contributed by atoms with Gasteiger partial charge in [-0.15, -0.1) is 0 Å². The summed E-state index contributed by atoms with van der Waals surface area (Å²) in [5.41, 5.74) is 1.31. The minimum atomic E-state index is -0.824. The van der Waals surface area contributed by atoms with Crippen LogP contribution in [0.2, 0.25) is 0 Å². The van der Waals surface area contributed by atoms with Gasteiger partial charge < -0.3 is 14.4 Å². The zero-order chi connectivity index (χ0) is 21.4. The molecule has 2 aromatic heterocycles. The van der Waals surface area contributed by atoms with E-state index in [1.165, 1.54) is 11.2 Å². The fraction of sp³-hybridized carbons (Fsp3) is 0.0800. The number of amides is 1. The van der Waals surface area contributed by atoms with Crippen molar-refractivity contribution in [1.29, 1.82) is 0 Å². The third kappa shape index (κ3) is 3.28. The number of pyridine rings is 1. The molecule has 6 heteroatoms. The summed E-state index contributed by atoms with van der Waals surface area (Å²) in [6, 6.07) is 19.3. The van der Waals surface area contributed by atoms with Crippen molar-refractivity contribution < 1.29 is 19.1 Å². The first-order valence-corrected chi connectivity index (χ1v) is 9.83. The van der Waals surface area contributed by atoms with Gasteiger partial charge in [0.2, 0.25) is 0 Å². The van der Waals surface area contributed by atoms with E-state index in [0.29, 0.717) is 11.3 Å². The van der Waals surface area contributed by atoms with E-state index < -0.39 is 17.7 Å². The Morgan fingerprint density at radius 3 is 2.48 bits per heavy atom. The molecule has 6 nitrogen and oxygen atoms in total. The number of aliphatic hydroxyl groups excluding tert-OH is 1. The van der Waals surface area contributed by atoms with E-state index in [1.54, 1.807) is 48.8 Å². The summed E-state index contributed by atoms with van der Waals surface area (Å²) < 4.78 is 5.56. The maximum absolute atomic E-state index is 13.0. The van der Waals surface area contributed by atoms with Crippen molar-refractivity contribution in [2.24, 2.45) is 0 Å². The molecule has 152 valence electrons. The van der Waals surface area contributed by atoms with Crippen molar-refractivity contribution in [2.75, 3.05) is 0 Å². The summed E-state index contributed by atoms with van der Waals surface area (Å²) in [6.45, 7) is 0.187. The molecule has 2 aromatic carbocycles. The zero-order valence-electron chi connectivity index (χ0n) is 16.4. The van der Waals surface area contributed by atoms with Gasteiger partial charge >= 0.3 is 0 Å². The number of Topliss-reactive ketones (excluding diaryl/α,β-unsaturated/α-hetero) is 1. The van der Waals surface area contributed by atoms with Crippen LogP contribution in [0.25, 0.3) is 16.5 Å². The van der Waals surface area contributed by atoms with Crippen LogP contribution in [0.15, 0.2) is 95.4 Å². The van der Waals surface area contributed by atoms with Crippen LogP contribution < -0.4 is 0 Å². The molecule has 0 saturated carbocycles. The predicted octanol–water partition coefficient (Wildman–Crippen LogP) is 4.45. The van der Waals surface area contributed by atoms with Gasteiger partial charge in [-0.1, -0.05) is 36.4 Å². The Labute approximate surface area is 178 Å². The summed E-state index contributed by atoms with van der Waals surface area (Å²) in [4.78, 5) is 31.4. The minimum Gasteiger partial charge on any atom is -0.507 e. The number of ketones is 1. The highest BCUT2D eigenvalue weighted by atomic mass is 16.3. The van der Waals surface area contributed by atoms with E-state index in [1.807, 2.05) is 30.3 Å². The number of hydrogen-bond donors (Lipinski definition) is 1. The van der Waals surface area contributed by atoms with Crippen LogP contribution in [-0.2, 0) is 16.1 Å². The number of likely N-dealkylation sites (tertiary alicyclic amines) is 1. The highest BCUT2D eigenvalue weighted by Gasteiger charge is 2.47. The number of benzene rings is 2. The SMILES string of the molecule is O=C1C(=O)N(Cc2ccncc2)C(c2ccco2)/C1=C(/O)c1ccc2ccccc2c1. The van der Waals surface area contributed by atoms with Gasteiger partial charge in [0, 0.05) is 24.5 Å². The second kappa shape index (κ2) is 7.57. The van der Waals surface area contributed by atoms with Crippen molar-refractivity contribution in [3.8, 4) is 0 Å². The van der Waals surface area contributed by atoms with Gasteiger partial charge in [0.15, 0.2) is 0 Å². The summed E-state index contributed by atoms with van der Waals surface area (Å²) >= 11 is 0. The summed E-state index contributed by atoms with van der Waals surface area (Å²) in [5.74, 6) is -1.22. The van der Waals surface area contributed by atoms with Gasteiger partial charge in [0.05, 0.1) is 11.8 Å². The van der Waals surface area contributed by atoms with Crippen LogP contribution in [0.5, 0.6) is 0 Å². The van der Waals surface area contributed by atoms with Gasteiger partial charge in [0.25, 0.3) is 11.7 Å². The van der Waals surface area contributed by atoms with Crippen LogP contribution in [0.1, 0.15) is 22.9 Å². The van der Waals surface area contributed by atoms with E-state index in [4.69, 9.17) is 4.42 Å². The molecule has 0 radical (unpaired) electrons. The number of nitrogens with zero attached hydrogens (tertiary/aromatic N) is 2. The van der Waals surface area contributed by atoms with Crippen LogP contribution >= 0.6 is 0 Å². The van der Waals surface area contributed by atoms with Gasteiger partial charge in [-0.3, -0.25) is 14.6 Å². The normalized spacial score (nSPS) is 18.1. The van der Waals surface area contributed by atoms with Crippen LogP contribution in [0, 0.1) is 0 Å². The summed E-state index contributed by atoms with van der Waals surface area (Å²) in [6.07, 6.45) is 4.74. The van der Waals surface area contributed by atoms with E-state index >= 15 is 0 Å². The molecule has 1 fully saturated rings. The third-order valence-corrected chi connectivity index (χ3v) is 5.48. The zero-order valence-corrected chi connectivity index (χ0v) is 16.4. The number of rotatable bonds is 4. The quantitative estimate of drug-likeness (QED) is 0.305. The molecule has 1 saturated heterocycles.